The number of halogens is 3. The number of rotatable bonds is 6. The van der Waals surface area contributed by atoms with Crippen molar-refractivity contribution in [2.75, 3.05) is 25.5 Å². The number of hydrogen-bond donors (Lipinski definition) is 1. The Morgan fingerprint density at radius 2 is 1.94 bits per heavy atom. The summed E-state index contributed by atoms with van der Waals surface area (Å²) < 4.78 is 48.3. The molecule has 3 aromatic rings. The summed E-state index contributed by atoms with van der Waals surface area (Å²) in [4.78, 5) is 35.9. The monoisotopic (exact) mass is 503 g/mol. The predicted molar refractivity (Wildman–Crippen MR) is 129 cm³/mol. The third-order valence-electron chi connectivity index (χ3n) is 6.74. The molecule has 1 amide bonds. The number of amides is 1. The fourth-order valence-electron chi connectivity index (χ4n) is 4.73. The SMILES string of the molecule is COc1c(=O)n(C2(C)CCN(C(C)=O)C2)cc2c(N[C@H](C)c3cccc(C(F)F)c3F)nc(C)nc12. The van der Waals surface area contributed by atoms with Crippen LogP contribution in [0.4, 0.5) is 19.0 Å². The van der Waals surface area contributed by atoms with Crippen LogP contribution >= 0.6 is 0 Å². The average molecular weight is 504 g/mol. The number of hydrogen-bond acceptors (Lipinski definition) is 6. The van der Waals surface area contributed by atoms with Gasteiger partial charge in [0.25, 0.3) is 12.0 Å². The summed E-state index contributed by atoms with van der Waals surface area (Å²) in [6.45, 7) is 7.49. The molecule has 1 aliphatic rings. The van der Waals surface area contributed by atoms with Gasteiger partial charge in [-0.15, -0.1) is 0 Å². The molecule has 192 valence electrons. The van der Waals surface area contributed by atoms with Crippen LogP contribution in [0.25, 0.3) is 10.9 Å². The second kappa shape index (κ2) is 9.44. The lowest BCUT2D eigenvalue weighted by Crippen LogP contribution is -2.42. The van der Waals surface area contributed by atoms with Crippen LogP contribution in [0, 0.1) is 12.7 Å². The minimum absolute atomic E-state index is 0.0158. The summed E-state index contributed by atoms with van der Waals surface area (Å²) in [5.74, 6) is -0.419. The summed E-state index contributed by atoms with van der Waals surface area (Å²) >= 11 is 0. The minimum atomic E-state index is -2.94. The molecule has 3 heterocycles. The van der Waals surface area contributed by atoms with E-state index in [-0.39, 0.29) is 22.7 Å². The molecular weight excluding hydrogens is 475 g/mol. The first-order chi connectivity index (χ1) is 17.0. The maximum absolute atomic E-state index is 14.8. The number of nitrogens with zero attached hydrogens (tertiary/aromatic N) is 4. The van der Waals surface area contributed by atoms with Crippen molar-refractivity contribution in [3.8, 4) is 5.75 Å². The Hall–Kier alpha value is -3.63. The molecule has 1 fully saturated rings. The van der Waals surface area contributed by atoms with Gasteiger partial charge in [-0.05, 0) is 27.2 Å². The molecule has 11 heteroatoms. The largest absolute Gasteiger partial charge is 0.490 e. The molecule has 0 spiro atoms. The first-order valence-electron chi connectivity index (χ1n) is 11.5. The van der Waals surface area contributed by atoms with Crippen LogP contribution in [-0.4, -0.2) is 45.5 Å². The van der Waals surface area contributed by atoms with Crippen molar-refractivity contribution in [1.82, 2.24) is 19.4 Å². The Morgan fingerprint density at radius 1 is 1.25 bits per heavy atom. The zero-order valence-electron chi connectivity index (χ0n) is 20.7. The van der Waals surface area contributed by atoms with Gasteiger partial charge in [0, 0.05) is 31.8 Å². The number of ether oxygens (including phenoxy) is 1. The molecule has 0 saturated carbocycles. The number of likely N-dealkylation sites (tertiary alicyclic amines) is 1. The van der Waals surface area contributed by atoms with Crippen molar-refractivity contribution in [2.24, 2.45) is 0 Å². The normalized spacial score (nSPS) is 18.6. The summed E-state index contributed by atoms with van der Waals surface area (Å²) in [6.07, 6.45) is -0.775. The minimum Gasteiger partial charge on any atom is -0.490 e. The second-order valence-corrected chi connectivity index (χ2v) is 9.32. The standard InChI is InChI=1S/C25H28F3N5O3/c1-13(16-7-6-8-17(19(16)26)22(27)28)29-23-18-11-33(25(4)9-10-32(12-25)15(3)34)24(35)21(36-5)20(18)30-14(2)31-23/h6-8,11,13,22H,9-10,12H2,1-5H3,(H,29,30,31)/t13-,25?/m1/s1. The molecule has 1 N–H and O–H groups in total. The van der Waals surface area contributed by atoms with E-state index in [4.69, 9.17) is 4.74 Å². The molecule has 1 saturated heterocycles. The zero-order chi connectivity index (χ0) is 26.4. The average Bonchev–Trinajstić information content (AvgIpc) is 3.22. The molecule has 8 nitrogen and oxygen atoms in total. The molecular formula is C25H28F3N5O3. The van der Waals surface area contributed by atoms with E-state index < -0.39 is 34.9 Å². The number of pyridine rings is 1. The number of alkyl halides is 2. The number of aromatic nitrogens is 3. The van der Waals surface area contributed by atoms with E-state index in [2.05, 4.69) is 15.3 Å². The fourth-order valence-corrected chi connectivity index (χ4v) is 4.73. The third kappa shape index (κ3) is 4.38. The number of anilines is 1. The highest BCUT2D eigenvalue weighted by molar-refractivity contribution is 5.92. The lowest BCUT2D eigenvalue weighted by Gasteiger charge is -2.28. The van der Waals surface area contributed by atoms with Crippen LogP contribution in [0.3, 0.4) is 0 Å². The van der Waals surface area contributed by atoms with Gasteiger partial charge in [-0.2, -0.15) is 0 Å². The number of nitrogens with one attached hydrogen (secondary N) is 1. The van der Waals surface area contributed by atoms with Crippen LogP contribution in [0.5, 0.6) is 5.75 Å². The smallest absolute Gasteiger partial charge is 0.295 e. The summed E-state index contributed by atoms with van der Waals surface area (Å²) in [5, 5.41) is 3.55. The molecule has 1 aliphatic heterocycles. The van der Waals surface area contributed by atoms with Gasteiger partial charge in [0.05, 0.1) is 29.6 Å². The van der Waals surface area contributed by atoms with Crippen LogP contribution in [0.1, 0.15) is 56.6 Å². The zero-order valence-corrected chi connectivity index (χ0v) is 20.7. The van der Waals surface area contributed by atoms with Crippen LogP contribution in [0.15, 0.2) is 29.2 Å². The maximum Gasteiger partial charge on any atom is 0.295 e. The van der Waals surface area contributed by atoms with E-state index in [0.717, 1.165) is 6.07 Å². The summed E-state index contributed by atoms with van der Waals surface area (Å²) in [7, 11) is 1.37. The highest BCUT2D eigenvalue weighted by Crippen LogP contribution is 2.34. The van der Waals surface area contributed by atoms with Gasteiger partial charge in [0.2, 0.25) is 11.7 Å². The molecule has 36 heavy (non-hydrogen) atoms. The summed E-state index contributed by atoms with van der Waals surface area (Å²) in [5.41, 5.74) is -1.45. The van der Waals surface area contributed by atoms with Gasteiger partial charge in [-0.3, -0.25) is 9.59 Å². The highest BCUT2D eigenvalue weighted by Gasteiger charge is 2.38. The number of methoxy groups -OCH3 is 1. The van der Waals surface area contributed by atoms with E-state index in [1.807, 2.05) is 6.92 Å². The van der Waals surface area contributed by atoms with E-state index in [1.54, 1.807) is 24.9 Å². The topological polar surface area (TPSA) is 89.4 Å². The van der Waals surface area contributed by atoms with Crippen LogP contribution in [-0.2, 0) is 10.3 Å². The van der Waals surface area contributed by atoms with Gasteiger partial charge in [-0.25, -0.2) is 23.1 Å². The van der Waals surface area contributed by atoms with Crippen molar-refractivity contribution in [3.63, 3.8) is 0 Å². The lowest BCUT2D eigenvalue weighted by molar-refractivity contribution is -0.128. The first kappa shape index (κ1) is 25.5. The molecule has 0 aliphatic carbocycles. The molecule has 2 aromatic heterocycles. The van der Waals surface area contributed by atoms with Gasteiger partial charge in [-0.1, -0.05) is 18.2 Å². The molecule has 0 radical (unpaired) electrons. The Labute approximate surface area is 206 Å². The van der Waals surface area contributed by atoms with Gasteiger partial charge in [0.1, 0.15) is 23.0 Å². The lowest BCUT2D eigenvalue weighted by atomic mass is 10.0. The van der Waals surface area contributed by atoms with E-state index >= 15 is 0 Å². The quantitative estimate of drug-likeness (QED) is 0.539. The van der Waals surface area contributed by atoms with Crippen molar-refractivity contribution < 1.29 is 22.7 Å². The molecule has 4 rings (SSSR count). The maximum atomic E-state index is 14.8. The fraction of sp³-hybridized carbons (Fsp3) is 0.440. The highest BCUT2D eigenvalue weighted by atomic mass is 19.3. The van der Waals surface area contributed by atoms with Crippen LogP contribution < -0.4 is 15.6 Å². The Kier molecular flexibility index (Phi) is 6.68. The molecule has 2 atom stereocenters. The van der Waals surface area contributed by atoms with Crippen molar-refractivity contribution in [2.45, 2.75) is 52.1 Å². The predicted octanol–water partition coefficient (Wildman–Crippen LogP) is 4.33. The van der Waals surface area contributed by atoms with Crippen molar-refractivity contribution in [3.05, 3.63) is 57.5 Å². The molecule has 1 unspecified atom stereocenters. The second-order valence-electron chi connectivity index (χ2n) is 9.32. The Balaban J connectivity index is 1.85. The van der Waals surface area contributed by atoms with Crippen molar-refractivity contribution in [1.29, 1.82) is 0 Å². The first-order valence-corrected chi connectivity index (χ1v) is 11.5. The van der Waals surface area contributed by atoms with E-state index in [1.165, 1.54) is 30.7 Å². The van der Waals surface area contributed by atoms with Crippen molar-refractivity contribution >= 4 is 22.6 Å². The third-order valence-corrected chi connectivity index (χ3v) is 6.74. The van der Waals surface area contributed by atoms with Gasteiger partial charge >= 0.3 is 0 Å². The van der Waals surface area contributed by atoms with E-state index in [0.29, 0.717) is 36.5 Å². The molecule has 1 aromatic carbocycles. The number of aryl methyl sites for hydroxylation is 1. The Morgan fingerprint density at radius 3 is 2.56 bits per heavy atom. The number of benzene rings is 1. The molecule has 0 bridgehead atoms. The number of fused-ring (bicyclic) bond motifs is 1. The van der Waals surface area contributed by atoms with E-state index in [9.17, 15) is 22.8 Å². The number of carbonyl (C=O) groups is 1. The summed E-state index contributed by atoms with van der Waals surface area (Å²) in [6, 6.07) is 3.13. The Bertz CT molecular complexity index is 1390. The number of carbonyl (C=O) groups excluding carboxylic acids is 1. The van der Waals surface area contributed by atoms with Crippen LogP contribution in [0.2, 0.25) is 0 Å². The van der Waals surface area contributed by atoms with Gasteiger partial charge in [0.15, 0.2) is 0 Å². The van der Waals surface area contributed by atoms with Gasteiger partial charge < -0.3 is 19.5 Å².